The monoisotopic (exact) mass is 245 g/mol. The van der Waals surface area contributed by atoms with Crippen molar-refractivity contribution in [2.24, 2.45) is 4.99 Å². The second-order valence-corrected chi connectivity index (χ2v) is 3.96. The number of benzene rings is 1. The molecule has 1 aromatic carbocycles. The molecule has 0 spiro atoms. The molecule has 0 radical (unpaired) electrons. The summed E-state index contributed by atoms with van der Waals surface area (Å²) in [5.41, 5.74) is 0.492. The Bertz CT molecular complexity index is 425. The zero-order valence-corrected chi connectivity index (χ0v) is 9.39. The number of nitrogens with zero attached hydrogens (tertiary/aromatic N) is 1. The number of aliphatic imine (C=N–C) groups is 1. The molecule has 1 aromatic rings. The fourth-order valence-electron chi connectivity index (χ4n) is 1.73. The van der Waals surface area contributed by atoms with Gasteiger partial charge in [0.2, 0.25) is 0 Å². The molecule has 0 N–H and O–H groups in total. The molecule has 1 atom stereocenters. The van der Waals surface area contributed by atoms with E-state index < -0.39 is 16.7 Å². The molecule has 1 unspecified atom stereocenters. The summed E-state index contributed by atoms with van der Waals surface area (Å²) in [5.74, 6) is -0.892. The van der Waals surface area contributed by atoms with Crippen molar-refractivity contribution in [2.75, 3.05) is 7.11 Å². The molecule has 16 heavy (non-hydrogen) atoms. The molecule has 1 heterocycles. The standard InChI is InChI=1S/C11H10ClF2NO/c1-16-10-3-2-9(15-10)6-4-7(13)11(12)8(14)5-6/h4-5,9H,2-3H2,1H3. The van der Waals surface area contributed by atoms with E-state index in [0.717, 1.165) is 0 Å². The summed E-state index contributed by atoms with van der Waals surface area (Å²) in [6, 6.07) is 2.20. The van der Waals surface area contributed by atoms with Crippen LogP contribution in [0.2, 0.25) is 5.02 Å². The van der Waals surface area contributed by atoms with Gasteiger partial charge in [-0.25, -0.2) is 13.8 Å². The summed E-state index contributed by atoms with van der Waals surface area (Å²) < 4.78 is 31.4. The summed E-state index contributed by atoms with van der Waals surface area (Å²) in [5, 5.41) is -0.474. The van der Waals surface area contributed by atoms with Crippen LogP contribution in [0.5, 0.6) is 0 Å². The molecular weight excluding hydrogens is 236 g/mol. The third-order valence-corrected chi connectivity index (χ3v) is 2.92. The van der Waals surface area contributed by atoms with Crippen molar-refractivity contribution in [3.63, 3.8) is 0 Å². The van der Waals surface area contributed by atoms with Crippen LogP contribution >= 0.6 is 11.6 Å². The summed E-state index contributed by atoms with van der Waals surface area (Å²) in [4.78, 5) is 4.21. The smallest absolute Gasteiger partial charge is 0.183 e. The molecule has 0 bridgehead atoms. The van der Waals surface area contributed by atoms with E-state index in [1.54, 1.807) is 0 Å². The zero-order chi connectivity index (χ0) is 11.7. The van der Waals surface area contributed by atoms with Gasteiger partial charge in [0.15, 0.2) is 5.90 Å². The summed E-state index contributed by atoms with van der Waals surface area (Å²) in [6.07, 6.45) is 1.39. The van der Waals surface area contributed by atoms with Crippen LogP contribution in [0, 0.1) is 11.6 Å². The molecule has 0 aromatic heterocycles. The van der Waals surface area contributed by atoms with Gasteiger partial charge in [-0.1, -0.05) is 11.6 Å². The Morgan fingerprint density at radius 3 is 2.50 bits per heavy atom. The predicted octanol–water partition coefficient (Wildman–Crippen LogP) is 3.50. The molecule has 2 rings (SSSR count). The Labute approximate surface area is 96.9 Å². The van der Waals surface area contributed by atoms with Gasteiger partial charge in [-0.05, 0) is 24.1 Å². The zero-order valence-electron chi connectivity index (χ0n) is 8.64. The Morgan fingerprint density at radius 2 is 2.00 bits per heavy atom. The van der Waals surface area contributed by atoms with E-state index >= 15 is 0 Å². The van der Waals surface area contributed by atoms with Crippen LogP contribution in [0.15, 0.2) is 17.1 Å². The fourth-order valence-corrected chi connectivity index (χ4v) is 1.84. The van der Waals surface area contributed by atoms with Crippen molar-refractivity contribution in [3.05, 3.63) is 34.4 Å². The van der Waals surface area contributed by atoms with Crippen molar-refractivity contribution in [3.8, 4) is 0 Å². The molecule has 0 aliphatic carbocycles. The molecule has 5 heteroatoms. The Kier molecular flexibility index (Phi) is 3.10. The largest absolute Gasteiger partial charge is 0.484 e. The lowest BCUT2D eigenvalue weighted by atomic mass is 10.0. The van der Waals surface area contributed by atoms with E-state index in [4.69, 9.17) is 16.3 Å². The average molecular weight is 246 g/mol. The number of ether oxygens (including phenoxy) is 1. The van der Waals surface area contributed by atoms with Crippen LogP contribution < -0.4 is 0 Å². The van der Waals surface area contributed by atoms with Gasteiger partial charge in [0.1, 0.15) is 16.7 Å². The maximum Gasteiger partial charge on any atom is 0.183 e. The number of rotatable bonds is 1. The van der Waals surface area contributed by atoms with Crippen molar-refractivity contribution in [2.45, 2.75) is 18.9 Å². The number of hydrogen-bond donors (Lipinski definition) is 0. The minimum Gasteiger partial charge on any atom is -0.484 e. The minimum absolute atomic E-state index is 0.240. The number of hydrogen-bond acceptors (Lipinski definition) is 2. The summed E-state index contributed by atoms with van der Waals surface area (Å²) in [6.45, 7) is 0. The first-order chi connectivity index (χ1) is 7.61. The van der Waals surface area contributed by atoms with Gasteiger partial charge in [0.25, 0.3) is 0 Å². The first-order valence-corrected chi connectivity index (χ1v) is 5.24. The third kappa shape index (κ3) is 2.02. The van der Waals surface area contributed by atoms with Crippen LogP contribution in [0.1, 0.15) is 24.4 Å². The normalized spacial score (nSPS) is 19.8. The summed E-state index contributed by atoms with van der Waals surface area (Å²) >= 11 is 5.40. The van der Waals surface area contributed by atoms with E-state index in [1.807, 2.05) is 0 Å². The van der Waals surface area contributed by atoms with Gasteiger partial charge < -0.3 is 4.74 Å². The Morgan fingerprint density at radius 1 is 1.38 bits per heavy atom. The topological polar surface area (TPSA) is 21.6 Å². The summed E-state index contributed by atoms with van der Waals surface area (Å²) in [7, 11) is 1.53. The van der Waals surface area contributed by atoms with Gasteiger partial charge >= 0.3 is 0 Å². The molecule has 0 saturated carbocycles. The fraction of sp³-hybridized carbons (Fsp3) is 0.364. The maximum atomic E-state index is 13.2. The lowest BCUT2D eigenvalue weighted by Gasteiger charge is -2.07. The van der Waals surface area contributed by atoms with Gasteiger partial charge in [-0.2, -0.15) is 0 Å². The third-order valence-electron chi connectivity index (χ3n) is 2.56. The van der Waals surface area contributed by atoms with Crippen molar-refractivity contribution < 1.29 is 13.5 Å². The molecule has 0 fully saturated rings. The minimum atomic E-state index is -0.752. The highest BCUT2D eigenvalue weighted by molar-refractivity contribution is 6.30. The molecule has 0 amide bonds. The van der Waals surface area contributed by atoms with Crippen molar-refractivity contribution in [1.82, 2.24) is 0 Å². The van der Waals surface area contributed by atoms with Crippen LogP contribution in [0.25, 0.3) is 0 Å². The van der Waals surface area contributed by atoms with E-state index in [9.17, 15) is 8.78 Å². The molecule has 0 saturated heterocycles. The van der Waals surface area contributed by atoms with Gasteiger partial charge in [-0.3, -0.25) is 0 Å². The molecular formula is C11H10ClF2NO. The van der Waals surface area contributed by atoms with E-state index in [1.165, 1.54) is 19.2 Å². The first kappa shape index (κ1) is 11.3. The Balaban J connectivity index is 2.32. The van der Waals surface area contributed by atoms with Gasteiger partial charge in [-0.15, -0.1) is 0 Å². The first-order valence-electron chi connectivity index (χ1n) is 4.87. The molecule has 2 nitrogen and oxygen atoms in total. The molecule has 1 aliphatic heterocycles. The maximum absolute atomic E-state index is 13.2. The van der Waals surface area contributed by atoms with Crippen LogP contribution in [0.4, 0.5) is 8.78 Å². The highest BCUT2D eigenvalue weighted by Gasteiger charge is 2.22. The highest BCUT2D eigenvalue weighted by atomic mass is 35.5. The van der Waals surface area contributed by atoms with Crippen LogP contribution in [-0.2, 0) is 4.74 Å². The van der Waals surface area contributed by atoms with E-state index in [0.29, 0.717) is 24.3 Å². The van der Waals surface area contributed by atoms with E-state index in [2.05, 4.69) is 4.99 Å². The lowest BCUT2D eigenvalue weighted by Crippen LogP contribution is -1.95. The molecule has 1 aliphatic rings. The predicted molar refractivity (Wildman–Crippen MR) is 57.8 cm³/mol. The van der Waals surface area contributed by atoms with Gasteiger partial charge in [0.05, 0.1) is 13.2 Å². The Hall–Kier alpha value is -1.16. The van der Waals surface area contributed by atoms with Crippen LogP contribution in [-0.4, -0.2) is 13.0 Å². The van der Waals surface area contributed by atoms with E-state index in [-0.39, 0.29) is 6.04 Å². The second kappa shape index (κ2) is 4.37. The number of halogens is 3. The van der Waals surface area contributed by atoms with Gasteiger partial charge in [0, 0.05) is 6.42 Å². The van der Waals surface area contributed by atoms with Crippen molar-refractivity contribution in [1.29, 1.82) is 0 Å². The number of methoxy groups -OCH3 is 1. The lowest BCUT2D eigenvalue weighted by molar-refractivity contribution is 0.395. The second-order valence-electron chi connectivity index (χ2n) is 3.58. The SMILES string of the molecule is COC1=NC(c2cc(F)c(Cl)c(F)c2)CC1. The highest BCUT2D eigenvalue weighted by Crippen LogP contribution is 2.32. The van der Waals surface area contributed by atoms with Crippen molar-refractivity contribution >= 4 is 17.5 Å². The quantitative estimate of drug-likeness (QED) is 0.694. The van der Waals surface area contributed by atoms with Crippen LogP contribution in [0.3, 0.4) is 0 Å². The average Bonchev–Trinajstić information content (AvgIpc) is 2.73. The molecule has 86 valence electrons.